The largest absolute Gasteiger partial charge is 0.481 e. The molecule has 0 saturated heterocycles. The van der Waals surface area contributed by atoms with Crippen LogP contribution in [0, 0.1) is 12.3 Å². The van der Waals surface area contributed by atoms with Gasteiger partial charge >= 0.3 is 5.97 Å². The molecule has 0 saturated carbocycles. The zero-order valence-corrected chi connectivity index (χ0v) is 12.4. The van der Waals surface area contributed by atoms with Crippen LogP contribution >= 0.6 is 0 Å². The van der Waals surface area contributed by atoms with Crippen LogP contribution in [0.4, 0.5) is 5.69 Å². The van der Waals surface area contributed by atoms with Crippen LogP contribution in [0.25, 0.3) is 11.0 Å². The first-order valence-electron chi connectivity index (χ1n) is 6.73. The van der Waals surface area contributed by atoms with Crippen molar-refractivity contribution in [2.45, 2.75) is 33.6 Å². The molecule has 21 heavy (non-hydrogen) atoms. The summed E-state index contributed by atoms with van der Waals surface area (Å²) in [4.78, 5) is 30.2. The predicted octanol–water partition coefficient (Wildman–Crippen LogP) is 2.70. The number of hydrogen-bond acceptors (Lipinski definition) is 3. The van der Waals surface area contributed by atoms with Gasteiger partial charge in [0, 0.05) is 12.1 Å². The molecule has 0 spiro atoms. The molecule has 0 atom stereocenters. The number of nitrogens with zero attached hydrogens (tertiary/aromatic N) is 1. The van der Waals surface area contributed by atoms with Crippen molar-refractivity contribution in [1.82, 2.24) is 9.97 Å². The highest BCUT2D eigenvalue weighted by molar-refractivity contribution is 5.93. The number of imidazole rings is 1. The van der Waals surface area contributed by atoms with Crippen LogP contribution in [-0.4, -0.2) is 27.0 Å². The average molecular weight is 289 g/mol. The second-order valence-corrected chi connectivity index (χ2v) is 6.01. The summed E-state index contributed by atoms with van der Waals surface area (Å²) in [6.45, 7) is 5.40. The van der Waals surface area contributed by atoms with E-state index in [2.05, 4.69) is 15.3 Å². The highest BCUT2D eigenvalue weighted by atomic mass is 16.4. The summed E-state index contributed by atoms with van der Waals surface area (Å²) >= 11 is 0. The molecule has 0 aliphatic heterocycles. The van der Waals surface area contributed by atoms with Gasteiger partial charge in [-0.3, -0.25) is 9.59 Å². The van der Waals surface area contributed by atoms with Crippen molar-refractivity contribution >= 4 is 28.6 Å². The topological polar surface area (TPSA) is 95.1 Å². The Labute approximate surface area is 122 Å². The number of carbonyl (C=O) groups is 2. The van der Waals surface area contributed by atoms with Crippen molar-refractivity contribution in [3.8, 4) is 0 Å². The molecular formula is C15H19N3O3. The third-order valence-electron chi connectivity index (χ3n) is 3.15. The third-order valence-corrected chi connectivity index (χ3v) is 3.15. The number of aromatic nitrogens is 2. The Morgan fingerprint density at radius 2 is 2.05 bits per heavy atom. The van der Waals surface area contributed by atoms with E-state index in [1.165, 1.54) is 0 Å². The van der Waals surface area contributed by atoms with E-state index in [0.717, 1.165) is 16.9 Å². The molecule has 2 aromatic rings. The van der Waals surface area contributed by atoms with Crippen LogP contribution in [0.2, 0.25) is 0 Å². The number of amides is 1. The van der Waals surface area contributed by atoms with Gasteiger partial charge in [0.1, 0.15) is 5.82 Å². The van der Waals surface area contributed by atoms with Crippen molar-refractivity contribution < 1.29 is 14.7 Å². The van der Waals surface area contributed by atoms with E-state index in [1.54, 1.807) is 19.9 Å². The number of carboxylic acids is 1. The SMILES string of the molecule is Cc1nc2ccc(NC(=O)CC(C)(C)CC(=O)O)cc2[nH]1. The number of aromatic amines is 1. The lowest BCUT2D eigenvalue weighted by molar-refractivity contribution is -0.139. The van der Waals surface area contributed by atoms with Gasteiger partial charge in [-0.05, 0) is 30.5 Å². The molecule has 112 valence electrons. The molecule has 6 heteroatoms. The fourth-order valence-corrected chi connectivity index (χ4v) is 2.33. The third kappa shape index (κ3) is 4.05. The standard InChI is InChI=1S/C15H19N3O3/c1-9-16-11-5-4-10(6-12(11)17-9)18-13(19)7-15(2,3)8-14(20)21/h4-6H,7-8H2,1-3H3,(H,16,17)(H,18,19)(H,20,21). The zero-order valence-electron chi connectivity index (χ0n) is 12.4. The number of anilines is 1. The normalized spacial score (nSPS) is 11.6. The van der Waals surface area contributed by atoms with Crippen LogP contribution in [0.1, 0.15) is 32.5 Å². The molecule has 3 N–H and O–H groups in total. The highest BCUT2D eigenvalue weighted by Gasteiger charge is 2.25. The molecule has 0 aliphatic rings. The van der Waals surface area contributed by atoms with E-state index in [9.17, 15) is 9.59 Å². The Balaban J connectivity index is 2.05. The number of aryl methyl sites for hydroxylation is 1. The Bertz CT molecular complexity index is 689. The maximum absolute atomic E-state index is 12.0. The minimum absolute atomic E-state index is 0.0425. The number of H-pyrrole nitrogens is 1. The van der Waals surface area contributed by atoms with Gasteiger partial charge in [-0.25, -0.2) is 4.98 Å². The summed E-state index contributed by atoms with van der Waals surface area (Å²) in [7, 11) is 0. The summed E-state index contributed by atoms with van der Waals surface area (Å²) in [5.41, 5.74) is 1.79. The average Bonchev–Trinajstić information content (AvgIpc) is 2.65. The summed E-state index contributed by atoms with van der Waals surface area (Å²) in [5, 5.41) is 11.6. The van der Waals surface area contributed by atoms with Crippen LogP contribution in [0.15, 0.2) is 18.2 Å². The Morgan fingerprint density at radius 3 is 2.71 bits per heavy atom. The molecule has 1 aromatic carbocycles. The van der Waals surface area contributed by atoms with Crippen molar-refractivity contribution in [3.05, 3.63) is 24.0 Å². The molecule has 0 bridgehead atoms. The summed E-state index contributed by atoms with van der Waals surface area (Å²) < 4.78 is 0. The van der Waals surface area contributed by atoms with E-state index in [-0.39, 0.29) is 18.7 Å². The maximum atomic E-state index is 12.0. The second-order valence-electron chi connectivity index (χ2n) is 6.01. The smallest absolute Gasteiger partial charge is 0.303 e. The van der Waals surface area contributed by atoms with Gasteiger partial charge in [-0.15, -0.1) is 0 Å². The first-order valence-corrected chi connectivity index (χ1v) is 6.73. The van der Waals surface area contributed by atoms with Crippen LogP contribution < -0.4 is 5.32 Å². The minimum atomic E-state index is -0.901. The maximum Gasteiger partial charge on any atom is 0.303 e. The van der Waals surface area contributed by atoms with Crippen LogP contribution in [-0.2, 0) is 9.59 Å². The lowest BCUT2D eigenvalue weighted by Crippen LogP contribution is -2.24. The second kappa shape index (κ2) is 5.55. The Morgan fingerprint density at radius 1 is 1.33 bits per heavy atom. The number of carbonyl (C=O) groups excluding carboxylic acids is 1. The molecule has 0 aliphatic carbocycles. The molecule has 1 amide bonds. The first kappa shape index (κ1) is 15.0. The number of hydrogen-bond donors (Lipinski definition) is 3. The van der Waals surface area contributed by atoms with Gasteiger partial charge in [0.05, 0.1) is 17.5 Å². The molecule has 0 fully saturated rings. The zero-order chi connectivity index (χ0) is 15.6. The fourth-order valence-electron chi connectivity index (χ4n) is 2.33. The molecule has 1 heterocycles. The van der Waals surface area contributed by atoms with Gasteiger partial charge in [-0.1, -0.05) is 13.8 Å². The van der Waals surface area contributed by atoms with Crippen molar-refractivity contribution in [2.24, 2.45) is 5.41 Å². The summed E-state index contributed by atoms with van der Waals surface area (Å²) in [6.07, 6.45) is 0.110. The Kier molecular flexibility index (Phi) is 3.97. The monoisotopic (exact) mass is 289 g/mol. The number of nitrogens with one attached hydrogen (secondary N) is 2. The van der Waals surface area contributed by atoms with Gasteiger partial charge in [0.15, 0.2) is 0 Å². The molecule has 0 radical (unpaired) electrons. The number of fused-ring (bicyclic) bond motifs is 1. The molecular weight excluding hydrogens is 270 g/mol. The summed E-state index contributed by atoms with van der Waals surface area (Å²) in [6, 6.07) is 5.43. The number of aliphatic carboxylic acids is 1. The van der Waals surface area contributed by atoms with E-state index in [0.29, 0.717) is 5.69 Å². The van der Waals surface area contributed by atoms with Gasteiger partial charge < -0.3 is 15.4 Å². The fraction of sp³-hybridized carbons (Fsp3) is 0.400. The van der Waals surface area contributed by atoms with E-state index in [1.807, 2.05) is 19.1 Å². The molecule has 6 nitrogen and oxygen atoms in total. The van der Waals surface area contributed by atoms with Crippen molar-refractivity contribution in [2.75, 3.05) is 5.32 Å². The van der Waals surface area contributed by atoms with Crippen LogP contribution in [0.5, 0.6) is 0 Å². The molecule has 0 unspecified atom stereocenters. The van der Waals surface area contributed by atoms with E-state index in [4.69, 9.17) is 5.11 Å². The van der Waals surface area contributed by atoms with E-state index >= 15 is 0 Å². The van der Waals surface area contributed by atoms with E-state index < -0.39 is 11.4 Å². The minimum Gasteiger partial charge on any atom is -0.481 e. The highest BCUT2D eigenvalue weighted by Crippen LogP contribution is 2.26. The van der Waals surface area contributed by atoms with Gasteiger partial charge in [0.25, 0.3) is 0 Å². The van der Waals surface area contributed by atoms with Crippen LogP contribution in [0.3, 0.4) is 0 Å². The number of carboxylic acid groups (broad SMARTS) is 1. The lowest BCUT2D eigenvalue weighted by Gasteiger charge is -2.21. The quantitative estimate of drug-likeness (QED) is 0.788. The predicted molar refractivity (Wildman–Crippen MR) is 80.1 cm³/mol. The van der Waals surface area contributed by atoms with Gasteiger partial charge in [-0.2, -0.15) is 0 Å². The van der Waals surface area contributed by atoms with Gasteiger partial charge in [0.2, 0.25) is 5.91 Å². The summed E-state index contributed by atoms with van der Waals surface area (Å²) in [5.74, 6) is -0.282. The number of benzene rings is 1. The van der Waals surface area contributed by atoms with Crippen molar-refractivity contribution in [3.63, 3.8) is 0 Å². The lowest BCUT2D eigenvalue weighted by atomic mass is 9.85. The first-order chi connectivity index (χ1) is 9.75. The number of rotatable bonds is 5. The Hall–Kier alpha value is -2.37. The molecule has 2 rings (SSSR count). The van der Waals surface area contributed by atoms with Crippen molar-refractivity contribution in [1.29, 1.82) is 0 Å². The molecule has 1 aromatic heterocycles.